The van der Waals surface area contributed by atoms with E-state index in [-0.39, 0.29) is 18.5 Å². The third-order valence-electron chi connectivity index (χ3n) is 5.68. The minimum Gasteiger partial charge on any atom is -0.392 e. The van der Waals surface area contributed by atoms with Crippen LogP contribution in [0.4, 0.5) is 0 Å². The summed E-state index contributed by atoms with van der Waals surface area (Å²) in [6.07, 6.45) is 6.42. The van der Waals surface area contributed by atoms with Crippen molar-refractivity contribution < 1.29 is 9.90 Å². The third kappa shape index (κ3) is 4.25. The summed E-state index contributed by atoms with van der Waals surface area (Å²) >= 11 is 0. The highest BCUT2D eigenvalue weighted by molar-refractivity contribution is 5.79. The van der Waals surface area contributed by atoms with E-state index in [1.165, 1.54) is 30.4 Å². The molecule has 1 aliphatic heterocycles. The number of rotatable bonds is 5. The molecule has 1 aromatic rings. The van der Waals surface area contributed by atoms with Crippen molar-refractivity contribution in [3.8, 4) is 6.07 Å². The average molecular weight is 355 g/mol. The molecule has 5 nitrogen and oxygen atoms in total. The molecule has 2 aliphatic rings. The summed E-state index contributed by atoms with van der Waals surface area (Å²) in [5.74, 6) is 0.604. The molecule has 1 unspecified atom stereocenters. The zero-order valence-corrected chi connectivity index (χ0v) is 15.6. The maximum absolute atomic E-state index is 12.9. The van der Waals surface area contributed by atoms with Crippen LogP contribution in [0.25, 0.3) is 0 Å². The minimum absolute atomic E-state index is 0.108. The van der Waals surface area contributed by atoms with Gasteiger partial charge in [-0.2, -0.15) is 5.26 Å². The van der Waals surface area contributed by atoms with Crippen LogP contribution in [-0.2, 0) is 11.2 Å². The molecule has 5 heteroatoms. The normalized spacial score (nSPS) is 21.7. The number of fused-ring (bicyclic) bond motifs is 1. The van der Waals surface area contributed by atoms with Gasteiger partial charge >= 0.3 is 0 Å². The number of nitriles is 1. The van der Waals surface area contributed by atoms with Gasteiger partial charge in [0.05, 0.1) is 30.3 Å². The van der Waals surface area contributed by atoms with Crippen molar-refractivity contribution in [2.24, 2.45) is 5.92 Å². The molecule has 0 bridgehead atoms. The molecule has 140 valence electrons. The van der Waals surface area contributed by atoms with E-state index in [0.29, 0.717) is 24.6 Å². The third-order valence-corrected chi connectivity index (χ3v) is 5.68. The number of aliphatic hydroxyl groups excluding tert-OH is 1. The predicted octanol–water partition coefficient (Wildman–Crippen LogP) is 2.53. The number of carbonyl (C=O) groups excluding carboxylic acids is 1. The quantitative estimate of drug-likeness (QED) is 0.851. The maximum Gasteiger partial charge on any atom is 0.237 e. The Kier molecular flexibility index (Phi) is 6.29. The highest BCUT2D eigenvalue weighted by atomic mass is 16.3. The Morgan fingerprint density at radius 1 is 1.38 bits per heavy atom. The number of aliphatic hydroxyl groups is 1. The van der Waals surface area contributed by atoms with E-state index in [0.717, 1.165) is 19.3 Å². The lowest BCUT2D eigenvalue weighted by Gasteiger charge is -2.43. The second kappa shape index (κ2) is 8.66. The van der Waals surface area contributed by atoms with E-state index in [2.05, 4.69) is 17.5 Å². The highest BCUT2D eigenvalue weighted by Gasteiger charge is 2.36. The number of nitrogens with one attached hydrogen (secondary N) is 1. The standard InChI is InChI=1S/C21H29N3O2/c1-15(25)13-23-14-20(26)24-10-9-18-11-16(12-22)7-8-19(18)21(24)17-5-3-2-4-6-17/h7-8,11,15,17,21,23,25H,2-6,9-10,13-14H2,1H3/t15-,21?/m1/s1. The van der Waals surface area contributed by atoms with E-state index in [1.807, 2.05) is 17.0 Å². The average Bonchev–Trinajstić information content (AvgIpc) is 2.66. The van der Waals surface area contributed by atoms with Crippen molar-refractivity contribution in [2.45, 2.75) is 57.6 Å². The lowest BCUT2D eigenvalue weighted by Crippen LogP contribution is -2.47. The molecule has 1 saturated carbocycles. The van der Waals surface area contributed by atoms with Gasteiger partial charge < -0.3 is 15.3 Å². The first-order valence-electron chi connectivity index (χ1n) is 9.81. The fourth-order valence-electron chi connectivity index (χ4n) is 4.46. The van der Waals surface area contributed by atoms with Crippen LogP contribution >= 0.6 is 0 Å². The summed E-state index contributed by atoms with van der Waals surface area (Å²) in [6, 6.07) is 8.30. The number of amides is 1. The number of benzene rings is 1. The smallest absolute Gasteiger partial charge is 0.237 e. The zero-order valence-electron chi connectivity index (χ0n) is 15.6. The van der Waals surface area contributed by atoms with Gasteiger partial charge in [0.2, 0.25) is 5.91 Å². The first kappa shape index (κ1) is 18.9. The van der Waals surface area contributed by atoms with Crippen molar-refractivity contribution in [3.63, 3.8) is 0 Å². The molecule has 3 rings (SSSR count). The second-order valence-electron chi connectivity index (χ2n) is 7.69. The molecule has 2 atom stereocenters. The van der Waals surface area contributed by atoms with Gasteiger partial charge in [0.15, 0.2) is 0 Å². The molecule has 1 fully saturated rings. The van der Waals surface area contributed by atoms with Gasteiger partial charge in [0.25, 0.3) is 0 Å². The van der Waals surface area contributed by atoms with Gasteiger partial charge in [-0.15, -0.1) is 0 Å². The van der Waals surface area contributed by atoms with Crippen molar-refractivity contribution in [1.29, 1.82) is 5.26 Å². The SMILES string of the molecule is C[C@@H](O)CNCC(=O)N1CCc2cc(C#N)ccc2C1C1CCCCC1. The van der Waals surface area contributed by atoms with Crippen LogP contribution < -0.4 is 5.32 Å². The molecule has 1 heterocycles. The Morgan fingerprint density at radius 2 is 2.15 bits per heavy atom. The number of hydrogen-bond acceptors (Lipinski definition) is 4. The topological polar surface area (TPSA) is 76.4 Å². The van der Waals surface area contributed by atoms with Gasteiger partial charge in [-0.1, -0.05) is 25.3 Å². The van der Waals surface area contributed by atoms with Crippen LogP contribution in [0, 0.1) is 17.2 Å². The zero-order chi connectivity index (χ0) is 18.5. The Labute approximate surface area is 156 Å². The van der Waals surface area contributed by atoms with Crippen LogP contribution in [-0.4, -0.2) is 41.7 Å². The van der Waals surface area contributed by atoms with Gasteiger partial charge in [0.1, 0.15) is 0 Å². The van der Waals surface area contributed by atoms with E-state index in [1.54, 1.807) is 6.92 Å². The van der Waals surface area contributed by atoms with Crippen LogP contribution in [0.1, 0.15) is 61.8 Å². The molecule has 1 amide bonds. The molecule has 0 saturated heterocycles. The Bertz CT molecular complexity index is 674. The summed E-state index contributed by atoms with van der Waals surface area (Å²) in [7, 11) is 0. The minimum atomic E-state index is -0.455. The molecular formula is C21H29N3O2. The maximum atomic E-state index is 12.9. The van der Waals surface area contributed by atoms with E-state index >= 15 is 0 Å². The van der Waals surface area contributed by atoms with Crippen molar-refractivity contribution >= 4 is 5.91 Å². The van der Waals surface area contributed by atoms with Gasteiger partial charge in [-0.3, -0.25) is 4.79 Å². The van der Waals surface area contributed by atoms with E-state index in [9.17, 15) is 15.2 Å². The largest absolute Gasteiger partial charge is 0.392 e. The van der Waals surface area contributed by atoms with Crippen molar-refractivity contribution in [1.82, 2.24) is 10.2 Å². The molecule has 0 radical (unpaired) electrons. The second-order valence-corrected chi connectivity index (χ2v) is 7.69. The summed E-state index contributed by atoms with van der Waals surface area (Å²) in [5.41, 5.74) is 3.15. The first-order chi connectivity index (χ1) is 12.6. The Hall–Kier alpha value is -1.90. The molecule has 1 aromatic carbocycles. The molecule has 1 aliphatic carbocycles. The number of hydrogen-bond donors (Lipinski definition) is 2. The van der Waals surface area contributed by atoms with Gasteiger partial charge in [-0.25, -0.2) is 0 Å². The van der Waals surface area contributed by atoms with Crippen molar-refractivity contribution in [2.75, 3.05) is 19.6 Å². The highest BCUT2D eigenvalue weighted by Crippen LogP contribution is 2.42. The summed E-state index contributed by atoms with van der Waals surface area (Å²) in [6.45, 7) is 3.11. The number of carbonyl (C=O) groups is 1. The Morgan fingerprint density at radius 3 is 2.85 bits per heavy atom. The molecule has 0 aromatic heterocycles. The first-order valence-corrected chi connectivity index (χ1v) is 9.81. The van der Waals surface area contributed by atoms with Gasteiger partial charge in [0, 0.05) is 13.1 Å². The lowest BCUT2D eigenvalue weighted by molar-refractivity contribution is -0.134. The van der Waals surface area contributed by atoms with E-state index < -0.39 is 6.10 Å². The number of nitrogens with zero attached hydrogens (tertiary/aromatic N) is 2. The molecule has 0 spiro atoms. The fourth-order valence-corrected chi connectivity index (χ4v) is 4.46. The fraction of sp³-hybridized carbons (Fsp3) is 0.619. The lowest BCUT2D eigenvalue weighted by atomic mass is 9.77. The van der Waals surface area contributed by atoms with Crippen LogP contribution in [0.3, 0.4) is 0 Å². The summed E-state index contributed by atoms with van der Waals surface area (Å²) in [5, 5.41) is 21.7. The van der Waals surface area contributed by atoms with Crippen LogP contribution in [0.5, 0.6) is 0 Å². The molecule has 2 N–H and O–H groups in total. The van der Waals surface area contributed by atoms with Gasteiger partial charge in [-0.05, 0) is 55.4 Å². The van der Waals surface area contributed by atoms with E-state index in [4.69, 9.17) is 0 Å². The summed E-state index contributed by atoms with van der Waals surface area (Å²) in [4.78, 5) is 14.9. The monoisotopic (exact) mass is 355 g/mol. The van der Waals surface area contributed by atoms with Crippen LogP contribution in [0.2, 0.25) is 0 Å². The predicted molar refractivity (Wildman–Crippen MR) is 100 cm³/mol. The molecule has 26 heavy (non-hydrogen) atoms. The Balaban J connectivity index is 1.83. The van der Waals surface area contributed by atoms with Crippen molar-refractivity contribution in [3.05, 3.63) is 34.9 Å². The molecular weight excluding hydrogens is 326 g/mol. The van der Waals surface area contributed by atoms with Crippen LogP contribution in [0.15, 0.2) is 18.2 Å². The summed E-state index contributed by atoms with van der Waals surface area (Å²) < 4.78 is 0.